The van der Waals surface area contributed by atoms with Crippen molar-refractivity contribution in [2.24, 2.45) is 0 Å². The summed E-state index contributed by atoms with van der Waals surface area (Å²) in [5.41, 5.74) is 3.17. The molecule has 0 bridgehead atoms. The van der Waals surface area contributed by atoms with E-state index in [4.69, 9.17) is 9.47 Å². The van der Waals surface area contributed by atoms with Gasteiger partial charge in [-0.15, -0.1) is 0 Å². The molecule has 0 saturated heterocycles. The number of H-pyrrole nitrogens is 1. The molecule has 0 unspecified atom stereocenters. The number of methoxy groups -OCH3 is 2. The molecule has 0 atom stereocenters. The van der Waals surface area contributed by atoms with Crippen molar-refractivity contribution in [3.63, 3.8) is 0 Å². The Morgan fingerprint density at radius 1 is 1.04 bits per heavy atom. The number of benzene rings is 2. The molecule has 3 N–H and O–H groups in total. The molecular weight excluding hydrogens is 344 g/mol. The van der Waals surface area contributed by atoms with Crippen molar-refractivity contribution >= 4 is 22.5 Å². The van der Waals surface area contributed by atoms with Crippen molar-refractivity contribution < 1.29 is 19.4 Å². The second-order valence-electron chi connectivity index (χ2n) is 7.42. The number of hydrogen-bond acceptors (Lipinski definition) is 4. The van der Waals surface area contributed by atoms with Crippen LogP contribution in [0.3, 0.4) is 0 Å². The van der Waals surface area contributed by atoms with Gasteiger partial charge in [0.25, 0.3) is 5.91 Å². The number of aromatic nitrogens is 1. The van der Waals surface area contributed by atoms with Crippen LogP contribution in [-0.4, -0.2) is 30.2 Å². The molecule has 142 valence electrons. The van der Waals surface area contributed by atoms with Crippen LogP contribution >= 0.6 is 0 Å². The Kier molecular flexibility index (Phi) is 4.74. The maximum atomic E-state index is 12.7. The van der Waals surface area contributed by atoms with Gasteiger partial charge in [-0.05, 0) is 36.4 Å². The predicted molar refractivity (Wildman–Crippen MR) is 106 cm³/mol. The van der Waals surface area contributed by atoms with Crippen molar-refractivity contribution in [2.45, 2.75) is 26.2 Å². The number of aromatic amines is 1. The van der Waals surface area contributed by atoms with Crippen molar-refractivity contribution in [1.29, 1.82) is 0 Å². The van der Waals surface area contributed by atoms with Crippen LogP contribution in [-0.2, 0) is 5.41 Å². The first-order chi connectivity index (χ1) is 12.7. The number of anilines is 1. The fraction of sp³-hybridized carbons (Fsp3) is 0.286. The van der Waals surface area contributed by atoms with Crippen molar-refractivity contribution in [2.75, 3.05) is 19.5 Å². The number of rotatable bonds is 4. The van der Waals surface area contributed by atoms with E-state index >= 15 is 0 Å². The summed E-state index contributed by atoms with van der Waals surface area (Å²) in [5, 5.41) is 13.9. The molecule has 1 amide bonds. The highest BCUT2D eigenvalue weighted by Crippen LogP contribution is 2.37. The van der Waals surface area contributed by atoms with Gasteiger partial charge in [0, 0.05) is 33.3 Å². The first kappa shape index (κ1) is 18.6. The Labute approximate surface area is 158 Å². The number of aromatic hydroxyl groups is 1. The van der Waals surface area contributed by atoms with E-state index in [-0.39, 0.29) is 28.6 Å². The maximum Gasteiger partial charge on any atom is 0.255 e. The zero-order chi connectivity index (χ0) is 19.8. The Morgan fingerprint density at radius 3 is 2.22 bits per heavy atom. The molecular formula is C21H24N2O4. The normalized spacial score (nSPS) is 11.4. The maximum absolute atomic E-state index is 12.7. The zero-order valence-corrected chi connectivity index (χ0v) is 16.1. The smallest absolute Gasteiger partial charge is 0.255 e. The van der Waals surface area contributed by atoms with Gasteiger partial charge in [-0.3, -0.25) is 4.79 Å². The number of fused-ring (bicyclic) bond motifs is 1. The average molecular weight is 368 g/mol. The summed E-state index contributed by atoms with van der Waals surface area (Å²) < 4.78 is 10.2. The zero-order valence-electron chi connectivity index (χ0n) is 16.1. The van der Waals surface area contributed by atoms with E-state index in [0.29, 0.717) is 11.3 Å². The van der Waals surface area contributed by atoms with Crippen LogP contribution in [0.25, 0.3) is 10.9 Å². The monoisotopic (exact) mass is 368 g/mol. The number of carbonyl (C=O) groups is 1. The summed E-state index contributed by atoms with van der Waals surface area (Å²) in [4.78, 5) is 16.1. The van der Waals surface area contributed by atoms with E-state index < -0.39 is 0 Å². The molecule has 3 rings (SSSR count). The van der Waals surface area contributed by atoms with Crippen LogP contribution in [0.5, 0.6) is 17.2 Å². The lowest BCUT2D eigenvalue weighted by atomic mass is 9.92. The fourth-order valence-corrected chi connectivity index (χ4v) is 2.84. The van der Waals surface area contributed by atoms with Gasteiger partial charge in [0.1, 0.15) is 0 Å². The van der Waals surface area contributed by atoms with E-state index in [9.17, 15) is 9.90 Å². The van der Waals surface area contributed by atoms with Gasteiger partial charge in [-0.25, -0.2) is 0 Å². The minimum atomic E-state index is -0.322. The van der Waals surface area contributed by atoms with Crippen LogP contribution in [0.4, 0.5) is 5.69 Å². The highest BCUT2D eigenvalue weighted by molar-refractivity contribution is 6.06. The minimum absolute atomic E-state index is 0.0155. The van der Waals surface area contributed by atoms with Crippen LogP contribution < -0.4 is 14.8 Å². The highest BCUT2D eigenvalue weighted by atomic mass is 16.5. The summed E-state index contributed by atoms with van der Waals surface area (Å²) in [6.45, 7) is 6.43. The molecule has 0 fully saturated rings. The van der Waals surface area contributed by atoms with Crippen molar-refractivity contribution in [3.05, 3.63) is 47.7 Å². The summed E-state index contributed by atoms with van der Waals surface area (Å²) in [7, 11) is 2.84. The molecule has 6 nitrogen and oxygen atoms in total. The predicted octanol–water partition coefficient (Wildman–Crippen LogP) is 4.44. The summed E-state index contributed by atoms with van der Waals surface area (Å²) >= 11 is 0. The lowest BCUT2D eigenvalue weighted by Gasteiger charge is -2.15. The van der Waals surface area contributed by atoms with Gasteiger partial charge in [0.2, 0.25) is 5.75 Å². The van der Waals surface area contributed by atoms with Gasteiger partial charge >= 0.3 is 0 Å². The number of amides is 1. The number of nitrogens with one attached hydrogen (secondary N) is 2. The molecule has 1 aromatic heterocycles. The molecule has 3 aromatic rings. The average Bonchev–Trinajstić information content (AvgIpc) is 3.05. The summed E-state index contributed by atoms with van der Waals surface area (Å²) in [5.74, 6) is -0.108. The van der Waals surface area contributed by atoms with E-state index in [1.807, 2.05) is 18.2 Å². The van der Waals surface area contributed by atoms with Crippen LogP contribution in [0, 0.1) is 0 Å². The van der Waals surface area contributed by atoms with Gasteiger partial charge in [-0.1, -0.05) is 20.8 Å². The number of phenolic OH excluding ortho intramolecular Hbond substituents is 1. The fourth-order valence-electron chi connectivity index (χ4n) is 2.84. The molecule has 0 radical (unpaired) electrons. The number of carbonyl (C=O) groups excluding carboxylic acids is 1. The Balaban J connectivity index is 1.90. The van der Waals surface area contributed by atoms with Gasteiger partial charge in [-0.2, -0.15) is 0 Å². The third-order valence-corrected chi connectivity index (χ3v) is 4.43. The Bertz CT molecular complexity index is 974. The molecule has 0 saturated carbocycles. The SMILES string of the molecule is COc1cc(C(=O)Nc2ccc3[nH]c(C(C)(C)C)cc3c2)cc(OC)c1O. The van der Waals surface area contributed by atoms with Crippen LogP contribution in [0.15, 0.2) is 36.4 Å². The van der Waals surface area contributed by atoms with Crippen LogP contribution in [0.1, 0.15) is 36.8 Å². The van der Waals surface area contributed by atoms with Crippen molar-refractivity contribution in [1.82, 2.24) is 4.98 Å². The molecule has 2 aromatic carbocycles. The van der Waals surface area contributed by atoms with E-state index in [2.05, 4.69) is 37.1 Å². The lowest BCUT2D eigenvalue weighted by Crippen LogP contribution is -2.12. The third kappa shape index (κ3) is 3.69. The highest BCUT2D eigenvalue weighted by Gasteiger charge is 2.18. The van der Waals surface area contributed by atoms with Crippen LogP contribution in [0.2, 0.25) is 0 Å². The first-order valence-corrected chi connectivity index (χ1v) is 8.62. The molecule has 0 aliphatic heterocycles. The van der Waals surface area contributed by atoms with Crippen molar-refractivity contribution in [3.8, 4) is 17.2 Å². The molecule has 0 aliphatic carbocycles. The minimum Gasteiger partial charge on any atom is -0.502 e. The molecule has 1 heterocycles. The Morgan fingerprint density at radius 2 is 1.67 bits per heavy atom. The summed E-state index contributed by atoms with van der Waals surface area (Å²) in [6, 6.07) is 10.8. The molecule has 0 aliphatic rings. The van der Waals surface area contributed by atoms with Gasteiger partial charge in [0.05, 0.1) is 14.2 Å². The third-order valence-electron chi connectivity index (χ3n) is 4.43. The second-order valence-corrected chi connectivity index (χ2v) is 7.42. The Hall–Kier alpha value is -3.15. The van der Waals surface area contributed by atoms with Gasteiger partial charge in [0.15, 0.2) is 11.5 Å². The lowest BCUT2D eigenvalue weighted by molar-refractivity contribution is 0.102. The molecule has 6 heteroatoms. The number of hydrogen-bond donors (Lipinski definition) is 3. The number of phenols is 1. The standard InChI is InChI=1S/C21H24N2O4/c1-21(2,3)18-11-12-8-14(6-7-15(12)23-18)22-20(25)13-9-16(26-4)19(24)17(10-13)27-5/h6-11,23-24H,1-5H3,(H,22,25). The number of ether oxygens (including phenoxy) is 2. The summed E-state index contributed by atoms with van der Waals surface area (Å²) in [6.07, 6.45) is 0. The first-order valence-electron chi connectivity index (χ1n) is 8.62. The molecule has 0 spiro atoms. The van der Waals surface area contributed by atoms with E-state index in [1.54, 1.807) is 0 Å². The van der Waals surface area contributed by atoms with E-state index in [1.165, 1.54) is 26.4 Å². The van der Waals surface area contributed by atoms with E-state index in [0.717, 1.165) is 16.6 Å². The molecule has 27 heavy (non-hydrogen) atoms. The van der Waals surface area contributed by atoms with Gasteiger partial charge < -0.3 is 24.9 Å². The quantitative estimate of drug-likeness (QED) is 0.636. The largest absolute Gasteiger partial charge is 0.502 e. The second kappa shape index (κ2) is 6.87. The topological polar surface area (TPSA) is 83.6 Å².